The minimum absolute atomic E-state index is 0.0982. The van der Waals surface area contributed by atoms with E-state index >= 15 is 0 Å². The molecule has 7 heteroatoms. The number of aromatic nitrogens is 1. The molecule has 1 unspecified atom stereocenters. The number of aryl methyl sites for hydroxylation is 1. The predicted octanol–water partition coefficient (Wildman–Crippen LogP) is 4.99. The molecule has 0 saturated heterocycles. The number of ether oxygens (including phenoxy) is 2. The number of nitrogens with zero attached hydrogens (tertiary/aromatic N) is 2. The second-order valence-electron chi connectivity index (χ2n) is 8.72. The molecule has 0 N–H and O–H groups in total. The largest absolute Gasteiger partial charge is 0.493 e. The van der Waals surface area contributed by atoms with Crippen LogP contribution in [-0.4, -0.2) is 18.8 Å². The first kappa shape index (κ1) is 22.8. The minimum atomic E-state index is -0.358. The molecule has 1 aliphatic carbocycles. The second kappa shape index (κ2) is 9.12. The van der Waals surface area contributed by atoms with Crippen molar-refractivity contribution in [2.45, 2.75) is 18.9 Å². The molecule has 2 aliphatic rings. The van der Waals surface area contributed by atoms with Crippen molar-refractivity contribution >= 4 is 34.7 Å². The molecule has 0 saturated carbocycles. The van der Waals surface area contributed by atoms with Gasteiger partial charge in [-0.05, 0) is 47.8 Å². The summed E-state index contributed by atoms with van der Waals surface area (Å²) >= 11 is 7.79. The number of fused-ring (bicyclic) bond motifs is 3. The summed E-state index contributed by atoms with van der Waals surface area (Å²) in [4.78, 5) is 19.7. The molecule has 0 spiro atoms. The van der Waals surface area contributed by atoms with Crippen molar-refractivity contribution in [3.8, 4) is 11.5 Å². The van der Waals surface area contributed by atoms with E-state index in [4.69, 9.17) is 26.1 Å². The maximum Gasteiger partial charge on any atom is 0.271 e. The molecular formula is C29H23ClN2O3S. The summed E-state index contributed by atoms with van der Waals surface area (Å²) in [7, 11) is 3.26. The van der Waals surface area contributed by atoms with Gasteiger partial charge in [0.05, 0.1) is 30.5 Å². The van der Waals surface area contributed by atoms with Crippen LogP contribution in [0.15, 0.2) is 82.1 Å². The molecule has 1 atom stereocenters. The van der Waals surface area contributed by atoms with E-state index in [1.54, 1.807) is 18.8 Å². The highest BCUT2D eigenvalue weighted by Gasteiger charge is 2.34. The summed E-state index contributed by atoms with van der Waals surface area (Å²) in [6.07, 6.45) is 3.54. The van der Waals surface area contributed by atoms with Gasteiger partial charge in [-0.15, -0.1) is 0 Å². The number of benzene rings is 3. The summed E-state index contributed by atoms with van der Waals surface area (Å²) < 4.78 is 13.8. The first-order valence-electron chi connectivity index (χ1n) is 11.7. The minimum Gasteiger partial charge on any atom is -0.493 e. The van der Waals surface area contributed by atoms with Crippen LogP contribution in [0.4, 0.5) is 0 Å². The van der Waals surface area contributed by atoms with Gasteiger partial charge in [0.2, 0.25) is 0 Å². The van der Waals surface area contributed by atoms with Crippen molar-refractivity contribution in [3.05, 3.63) is 119 Å². The Morgan fingerprint density at radius 3 is 2.61 bits per heavy atom. The molecular weight excluding hydrogens is 492 g/mol. The lowest BCUT2D eigenvalue weighted by atomic mass is 9.83. The van der Waals surface area contributed by atoms with Gasteiger partial charge in [0.1, 0.15) is 0 Å². The average molecular weight is 515 g/mol. The summed E-state index contributed by atoms with van der Waals surface area (Å²) in [6, 6.07) is 21.4. The van der Waals surface area contributed by atoms with E-state index in [0.29, 0.717) is 25.9 Å². The molecule has 3 aromatic carbocycles. The van der Waals surface area contributed by atoms with Crippen molar-refractivity contribution < 1.29 is 9.47 Å². The normalized spacial score (nSPS) is 16.6. The van der Waals surface area contributed by atoms with Crippen LogP contribution in [0.1, 0.15) is 34.7 Å². The third kappa shape index (κ3) is 3.60. The van der Waals surface area contributed by atoms with Crippen LogP contribution >= 0.6 is 22.9 Å². The van der Waals surface area contributed by atoms with Crippen molar-refractivity contribution in [2.24, 2.45) is 4.99 Å². The number of thiazole rings is 1. The molecule has 2 heterocycles. The number of rotatable bonds is 4. The topological polar surface area (TPSA) is 52.8 Å². The zero-order valence-corrected chi connectivity index (χ0v) is 21.4. The highest BCUT2D eigenvalue weighted by Crippen LogP contribution is 2.45. The summed E-state index contributed by atoms with van der Waals surface area (Å²) in [5, 5.41) is 0.600. The number of halogens is 1. The molecule has 0 radical (unpaired) electrons. The van der Waals surface area contributed by atoms with E-state index in [2.05, 4.69) is 18.2 Å². The number of hydrogen-bond donors (Lipinski definition) is 0. The van der Waals surface area contributed by atoms with Gasteiger partial charge in [-0.25, -0.2) is 4.99 Å². The highest BCUT2D eigenvalue weighted by molar-refractivity contribution is 7.07. The van der Waals surface area contributed by atoms with Crippen molar-refractivity contribution in [1.29, 1.82) is 0 Å². The van der Waals surface area contributed by atoms with Crippen LogP contribution < -0.4 is 24.4 Å². The maximum atomic E-state index is 13.9. The lowest BCUT2D eigenvalue weighted by molar-refractivity contribution is 0.348. The predicted molar refractivity (Wildman–Crippen MR) is 144 cm³/mol. The Morgan fingerprint density at radius 2 is 1.81 bits per heavy atom. The lowest BCUT2D eigenvalue weighted by Gasteiger charge is -2.31. The monoisotopic (exact) mass is 514 g/mol. The first-order valence-corrected chi connectivity index (χ1v) is 12.9. The van der Waals surface area contributed by atoms with E-state index in [-0.39, 0.29) is 11.6 Å². The van der Waals surface area contributed by atoms with Gasteiger partial charge in [0.25, 0.3) is 5.56 Å². The molecule has 0 fully saturated rings. The van der Waals surface area contributed by atoms with Gasteiger partial charge >= 0.3 is 0 Å². The molecule has 5 nitrogen and oxygen atoms in total. The van der Waals surface area contributed by atoms with Crippen LogP contribution in [0.2, 0.25) is 5.02 Å². The van der Waals surface area contributed by atoms with Crippen LogP contribution in [0.5, 0.6) is 11.5 Å². The standard InChI is InChI=1S/C29H23ClN2O3S/c1-34-23-13-7-11-21(27(23)35-2)26-20-15-14-17-8-3-5-10-19(17)25(20)31-29-32(26)28(33)24(36-29)16-18-9-4-6-12-22(18)30/h3-13,16,26H,14-15H2,1-2H3. The summed E-state index contributed by atoms with van der Waals surface area (Å²) in [6.45, 7) is 0. The van der Waals surface area contributed by atoms with Crippen molar-refractivity contribution in [1.82, 2.24) is 4.57 Å². The molecule has 0 bridgehead atoms. The Hall–Kier alpha value is -3.61. The quantitative estimate of drug-likeness (QED) is 0.385. The van der Waals surface area contributed by atoms with E-state index < -0.39 is 0 Å². The Balaban J connectivity index is 1.67. The van der Waals surface area contributed by atoms with E-state index in [9.17, 15) is 4.79 Å². The third-order valence-electron chi connectivity index (χ3n) is 6.79. The SMILES string of the molecule is COc1cccc(C2C3=C(N=c4sc(=Cc5ccccc5Cl)c(=O)n42)c2ccccc2CC3)c1OC. The number of para-hydroxylation sites is 1. The number of hydrogen-bond acceptors (Lipinski definition) is 5. The van der Waals surface area contributed by atoms with Gasteiger partial charge in [-0.3, -0.25) is 9.36 Å². The molecule has 1 aromatic heterocycles. The Bertz CT molecular complexity index is 1720. The average Bonchev–Trinajstić information content (AvgIpc) is 3.22. The lowest BCUT2D eigenvalue weighted by Crippen LogP contribution is -2.39. The van der Waals surface area contributed by atoms with E-state index in [1.807, 2.05) is 54.6 Å². The Morgan fingerprint density at radius 1 is 1.00 bits per heavy atom. The summed E-state index contributed by atoms with van der Waals surface area (Å²) in [5.74, 6) is 1.25. The number of allylic oxidation sites excluding steroid dienone is 1. The van der Waals surface area contributed by atoms with Crippen LogP contribution in [0, 0.1) is 0 Å². The Kier molecular flexibility index (Phi) is 5.78. The molecule has 1 aliphatic heterocycles. The smallest absolute Gasteiger partial charge is 0.271 e. The second-order valence-corrected chi connectivity index (χ2v) is 10.1. The van der Waals surface area contributed by atoms with Gasteiger partial charge in [0, 0.05) is 16.1 Å². The van der Waals surface area contributed by atoms with Gasteiger partial charge in [0.15, 0.2) is 16.3 Å². The number of methoxy groups -OCH3 is 2. The third-order valence-corrected chi connectivity index (χ3v) is 8.12. The zero-order valence-electron chi connectivity index (χ0n) is 19.8. The molecule has 6 rings (SSSR count). The fraction of sp³-hybridized carbons (Fsp3) is 0.172. The van der Waals surface area contributed by atoms with E-state index in [1.165, 1.54) is 16.9 Å². The van der Waals surface area contributed by atoms with Gasteiger partial charge in [-0.2, -0.15) is 0 Å². The maximum absolute atomic E-state index is 13.9. The summed E-state index contributed by atoms with van der Waals surface area (Å²) in [5.41, 5.74) is 6.02. The molecule has 180 valence electrons. The zero-order chi connectivity index (χ0) is 24.8. The van der Waals surface area contributed by atoms with Crippen LogP contribution in [-0.2, 0) is 6.42 Å². The van der Waals surface area contributed by atoms with Crippen molar-refractivity contribution in [2.75, 3.05) is 14.2 Å². The van der Waals surface area contributed by atoms with Crippen molar-refractivity contribution in [3.63, 3.8) is 0 Å². The molecule has 4 aromatic rings. The first-order chi connectivity index (χ1) is 17.6. The molecule has 0 amide bonds. The highest BCUT2D eigenvalue weighted by atomic mass is 35.5. The van der Waals surface area contributed by atoms with Gasteiger partial charge < -0.3 is 9.47 Å². The van der Waals surface area contributed by atoms with Crippen LogP contribution in [0.25, 0.3) is 11.8 Å². The van der Waals surface area contributed by atoms with Gasteiger partial charge in [-0.1, -0.05) is 77.5 Å². The Labute approximate surface area is 217 Å². The molecule has 36 heavy (non-hydrogen) atoms. The fourth-order valence-corrected chi connectivity index (χ4v) is 6.34. The van der Waals surface area contributed by atoms with E-state index in [0.717, 1.165) is 40.8 Å². The fourth-order valence-electron chi connectivity index (χ4n) is 5.16. The van der Waals surface area contributed by atoms with Crippen LogP contribution in [0.3, 0.4) is 0 Å².